The van der Waals surface area contributed by atoms with Crippen molar-refractivity contribution >= 4 is 24.2 Å². The first-order valence-electron chi connectivity index (χ1n) is 13.4. The van der Waals surface area contributed by atoms with Crippen LogP contribution in [0.25, 0.3) is 0 Å². The summed E-state index contributed by atoms with van der Waals surface area (Å²) < 4.78 is 11.8. The number of unbranched alkanes of at least 4 members (excludes halogenated alkanes) is 4. The number of carbonyl (C=O) groups is 1. The minimum atomic E-state index is -0.370. The number of hydrogen-bond donors (Lipinski definition) is 1. The number of halogens is 1. The van der Waals surface area contributed by atoms with Crippen molar-refractivity contribution in [1.29, 1.82) is 0 Å². The Kier molecular flexibility index (Phi) is 14.4. The predicted octanol–water partition coefficient (Wildman–Crippen LogP) is 6.35. The Bertz CT molecular complexity index is 659. The van der Waals surface area contributed by atoms with Crippen molar-refractivity contribution in [1.82, 2.24) is 9.80 Å². The zero-order valence-electron chi connectivity index (χ0n) is 21.1. The molecule has 2 fully saturated rings. The van der Waals surface area contributed by atoms with E-state index in [1.165, 1.54) is 64.2 Å². The van der Waals surface area contributed by atoms with Crippen LogP contribution in [0, 0.1) is 0 Å². The zero-order chi connectivity index (χ0) is 23.1. The van der Waals surface area contributed by atoms with E-state index < -0.39 is 0 Å². The lowest BCUT2D eigenvalue weighted by Crippen LogP contribution is -2.45. The molecule has 0 atom stereocenters. The Morgan fingerprint density at radius 1 is 0.912 bits per heavy atom. The topological polar surface area (TPSA) is 54.0 Å². The van der Waals surface area contributed by atoms with Crippen molar-refractivity contribution in [3.8, 4) is 5.75 Å². The second-order valence-corrected chi connectivity index (χ2v) is 9.67. The largest absolute Gasteiger partial charge is 0.494 e. The van der Waals surface area contributed by atoms with E-state index in [2.05, 4.69) is 22.0 Å². The summed E-state index contributed by atoms with van der Waals surface area (Å²) in [6.45, 7) is 9.03. The molecule has 1 aromatic rings. The Hall–Kier alpha value is -1.50. The first-order chi connectivity index (χ1) is 16.2. The molecule has 2 aliphatic rings. The smallest absolute Gasteiger partial charge is 0.411 e. The van der Waals surface area contributed by atoms with Crippen LogP contribution in [0.15, 0.2) is 24.3 Å². The van der Waals surface area contributed by atoms with Gasteiger partial charge >= 0.3 is 6.09 Å². The third-order valence-electron chi connectivity index (χ3n) is 6.69. The van der Waals surface area contributed by atoms with Crippen LogP contribution in [0.4, 0.5) is 10.5 Å². The van der Waals surface area contributed by atoms with Crippen LogP contribution in [-0.2, 0) is 4.74 Å². The molecule has 34 heavy (non-hydrogen) atoms. The Balaban J connectivity index is 0.00000408. The fourth-order valence-corrected chi connectivity index (χ4v) is 4.85. The fraction of sp³-hybridized carbons (Fsp3) is 0.741. The van der Waals surface area contributed by atoms with E-state index in [0.29, 0.717) is 6.61 Å². The summed E-state index contributed by atoms with van der Waals surface area (Å²) in [6.07, 6.45) is 13.2. The van der Waals surface area contributed by atoms with Crippen LogP contribution in [0.5, 0.6) is 5.75 Å². The first-order valence-corrected chi connectivity index (χ1v) is 13.4. The summed E-state index contributed by atoms with van der Waals surface area (Å²) >= 11 is 0. The van der Waals surface area contributed by atoms with E-state index in [1.54, 1.807) is 0 Å². The van der Waals surface area contributed by atoms with E-state index in [4.69, 9.17) is 9.47 Å². The number of benzene rings is 1. The van der Waals surface area contributed by atoms with Crippen molar-refractivity contribution in [2.24, 2.45) is 0 Å². The number of ether oxygens (including phenoxy) is 2. The lowest BCUT2D eigenvalue weighted by molar-refractivity contribution is 0.0438. The molecular formula is C27H46ClN3O3. The third-order valence-corrected chi connectivity index (χ3v) is 6.69. The maximum atomic E-state index is 12.8. The molecule has 3 rings (SSSR count). The highest BCUT2D eigenvalue weighted by molar-refractivity contribution is 5.85. The first kappa shape index (κ1) is 28.7. The predicted molar refractivity (Wildman–Crippen MR) is 142 cm³/mol. The van der Waals surface area contributed by atoms with Crippen LogP contribution in [0.1, 0.15) is 77.6 Å². The molecule has 0 bridgehead atoms. The number of piperidine rings is 2. The van der Waals surface area contributed by atoms with Gasteiger partial charge in [-0.3, -0.25) is 15.1 Å². The Morgan fingerprint density at radius 2 is 1.53 bits per heavy atom. The van der Waals surface area contributed by atoms with Gasteiger partial charge in [-0.2, -0.15) is 0 Å². The molecule has 0 spiro atoms. The summed E-state index contributed by atoms with van der Waals surface area (Å²) in [5, 5.41) is 2.93. The number of carbonyl (C=O) groups excluding carboxylic acids is 1. The molecule has 194 valence electrons. The lowest BCUT2D eigenvalue weighted by Gasteiger charge is -2.34. The number of amides is 1. The maximum absolute atomic E-state index is 12.8. The number of hydrogen-bond acceptors (Lipinski definition) is 5. The van der Waals surface area contributed by atoms with E-state index in [1.807, 2.05) is 24.3 Å². The summed E-state index contributed by atoms with van der Waals surface area (Å²) in [6, 6.07) is 7.64. The normalized spacial score (nSPS) is 17.2. The van der Waals surface area contributed by atoms with Gasteiger partial charge in [-0.15, -0.1) is 12.4 Å². The molecule has 6 nitrogen and oxygen atoms in total. The molecule has 2 saturated heterocycles. The molecule has 0 aromatic heterocycles. The van der Waals surface area contributed by atoms with Gasteiger partial charge in [0.05, 0.1) is 6.61 Å². The van der Waals surface area contributed by atoms with Crippen molar-refractivity contribution in [3.05, 3.63) is 24.3 Å². The highest BCUT2D eigenvalue weighted by Crippen LogP contribution is 2.19. The van der Waals surface area contributed by atoms with Crippen molar-refractivity contribution in [3.63, 3.8) is 0 Å². The molecule has 2 heterocycles. The summed E-state index contributed by atoms with van der Waals surface area (Å²) in [5.74, 6) is 0.793. The highest BCUT2D eigenvalue weighted by Gasteiger charge is 2.23. The average Bonchev–Trinajstić information content (AvgIpc) is 2.83. The minimum absolute atomic E-state index is 0. The van der Waals surface area contributed by atoms with Crippen LogP contribution in [-0.4, -0.2) is 67.9 Å². The number of anilines is 1. The number of nitrogens with one attached hydrogen (secondary N) is 1. The standard InChI is InChI=1S/C27H45N3O3.ClH/c1-2-3-4-5-12-20-32-25-15-13-14-24(21-25)28-27(31)33-26(22-29-16-8-6-9-17-29)23-30-18-10-7-11-19-30;/h13-15,21,26H,2-12,16-20,22-23H2,1H3,(H,28,31);1H. The molecule has 0 radical (unpaired) electrons. The van der Waals surface area contributed by atoms with Gasteiger partial charge in [-0.1, -0.05) is 51.5 Å². The second kappa shape index (κ2) is 17.0. The van der Waals surface area contributed by atoms with Crippen molar-refractivity contribution in [2.45, 2.75) is 83.7 Å². The van der Waals surface area contributed by atoms with Crippen molar-refractivity contribution in [2.75, 3.05) is 51.2 Å². The minimum Gasteiger partial charge on any atom is -0.494 e. The van der Waals surface area contributed by atoms with Gasteiger partial charge in [0, 0.05) is 24.8 Å². The van der Waals surface area contributed by atoms with Gasteiger partial charge in [0.25, 0.3) is 0 Å². The summed E-state index contributed by atoms with van der Waals surface area (Å²) in [7, 11) is 0. The van der Waals surface area contributed by atoms with Gasteiger partial charge in [0.1, 0.15) is 11.9 Å². The van der Waals surface area contributed by atoms with E-state index in [-0.39, 0.29) is 24.6 Å². The lowest BCUT2D eigenvalue weighted by atomic mass is 10.1. The van der Waals surface area contributed by atoms with Crippen LogP contribution in [0.2, 0.25) is 0 Å². The quantitative estimate of drug-likeness (QED) is 0.323. The Morgan fingerprint density at radius 3 is 2.15 bits per heavy atom. The number of rotatable bonds is 13. The van der Waals surface area contributed by atoms with Crippen LogP contribution in [0.3, 0.4) is 0 Å². The molecule has 1 aromatic carbocycles. The molecule has 1 amide bonds. The van der Waals surface area contributed by atoms with Gasteiger partial charge in [-0.05, 0) is 70.4 Å². The van der Waals surface area contributed by atoms with Crippen molar-refractivity contribution < 1.29 is 14.3 Å². The molecule has 0 saturated carbocycles. The second-order valence-electron chi connectivity index (χ2n) is 9.67. The van der Waals surface area contributed by atoms with Gasteiger partial charge in [0.2, 0.25) is 0 Å². The van der Waals surface area contributed by atoms with Crippen LogP contribution < -0.4 is 10.1 Å². The van der Waals surface area contributed by atoms with Gasteiger partial charge < -0.3 is 9.47 Å². The monoisotopic (exact) mass is 495 g/mol. The SMILES string of the molecule is CCCCCCCOc1cccc(NC(=O)OC(CN2CCCCC2)CN2CCCCC2)c1.Cl. The third kappa shape index (κ3) is 11.3. The molecule has 2 aliphatic heterocycles. The van der Waals surface area contributed by atoms with E-state index in [0.717, 1.165) is 57.1 Å². The van der Waals surface area contributed by atoms with Gasteiger partial charge in [-0.25, -0.2) is 4.79 Å². The maximum Gasteiger partial charge on any atom is 0.411 e. The number of nitrogens with zero attached hydrogens (tertiary/aromatic N) is 2. The Labute approximate surface area is 213 Å². The molecule has 0 unspecified atom stereocenters. The molecule has 1 N–H and O–H groups in total. The van der Waals surface area contributed by atoms with Crippen LogP contribution >= 0.6 is 12.4 Å². The fourth-order valence-electron chi connectivity index (χ4n) is 4.85. The number of likely N-dealkylation sites (tertiary alicyclic amines) is 2. The van der Waals surface area contributed by atoms with Gasteiger partial charge in [0.15, 0.2) is 0 Å². The summed E-state index contributed by atoms with van der Waals surface area (Å²) in [5.41, 5.74) is 0.721. The average molecular weight is 496 g/mol. The van der Waals surface area contributed by atoms with E-state index >= 15 is 0 Å². The molecular weight excluding hydrogens is 450 g/mol. The highest BCUT2D eigenvalue weighted by atomic mass is 35.5. The zero-order valence-corrected chi connectivity index (χ0v) is 22.0. The molecule has 0 aliphatic carbocycles. The summed E-state index contributed by atoms with van der Waals surface area (Å²) in [4.78, 5) is 17.7. The molecule has 7 heteroatoms. The van der Waals surface area contributed by atoms with E-state index in [9.17, 15) is 4.79 Å².